The zero-order valence-electron chi connectivity index (χ0n) is 3.94. The van der Waals surface area contributed by atoms with Crippen molar-refractivity contribution in [3.63, 3.8) is 0 Å². The van der Waals surface area contributed by atoms with E-state index in [4.69, 9.17) is 6.58 Å². The maximum atomic E-state index is 6.49. The second-order valence-corrected chi connectivity index (χ2v) is 1.00. The summed E-state index contributed by atoms with van der Waals surface area (Å²) >= 11 is 0. The third-order valence-corrected chi connectivity index (χ3v) is 0.468. The first-order chi connectivity index (χ1) is 2.91. The molecule has 0 heteroatoms. The van der Waals surface area contributed by atoms with Gasteiger partial charge in [0.2, 0.25) is 0 Å². The van der Waals surface area contributed by atoms with E-state index in [-0.39, 0.29) is 0 Å². The van der Waals surface area contributed by atoms with E-state index in [9.17, 15) is 0 Å². The zero-order chi connectivity index (χ0) is 4.83. The predicted octanol–water partition coefficient (Wildman–Crippen LogP) is 1.82. The minimum atomic E-state index is 1.02. The lowest BCUT2D eigenvalue weighted by molar-refractivity contribution is 1.22. The van der Waals surface area contributed by atoms with Gasteiger partial charge in [-0.1, -0.05) is 25.2 Å². The molecule has 0 aromatic rings. The Morgan fingerprint density at radius 2 is 2.33 bits per heavy atom. The predicted molar refractivity (Wildman–Crippen MR) is 27.2 cm³/mol. The van der Waals surface area contributed by atoms with E-state index in [1.807, 2.05) is 13.0 Å². The molecule has 0 fully saturated rings. The van der Waals surface area contributed by atoms with Crippen LogP contribution in [0.4, 0.5) is 0 Å². The molecule has 6 heavy (non-hydrogen) atoms. The summed E-state index contributed by atoms with van der Waals surface area (Å²) in [5.41, 5.74) is 0. The Morgan fingerprint density at radius 1 is 1.67 bits per heavy atom. The van der Waals surface area contributed by atoms with E-state index in [0.29, 0.717) is 0 Å². The van der Waals surface area contributed by atoms with Crippen molar-refractivity contribution in [1.82, 2.24) is 0 Å². The largest absolute Gasteiger partial charge is 0.0848 e. The van der Waals surface area contributed by atoms with Crippen LogP contribution in [-0.4, -0.2) is 0 Å². The van der Waals surface area contributed by atoms with E-state index >= 15 is 0 Å². The molecule has 0 N–H and O–H groups in total. The average molecular weight is 80.1 g/mol. The Morgan fingerprint density at radius 3 is 2.50 bits per heavy atom. The standard InChI is InChI=1S/C6H8/c1-3-5-6-4-2/h4-6H,3H2,1H3. The molecule has 0 aliphatic rings. The van der Waals surface area contributed by atoms with Crippen LogP contribution >= 0.6 is 0 Å². The molecule has 0 aromatic heterocycles. The molecule has 0 spiro atoms. The number of hydrogen-bond acceptors (Lipinski definition) is 0. The second-order valence-electron chi connectivity index (χ2n) is 1.00. The van der Waals surface area contributed by atoms with E-state index in [1.165, 1.54) is 6.08 Å². The fraction of sp³-hybridized carbons (Fsp3) is 0.333. The van der Waals surface area contributed by atoms with Crippen LogP contribution in [0.1, 0.15) is 13.3 Å². The quantitative estimate of drug-likeness (QED) is 0.444. The molecule has 0 heterocycles. The molecule has 0 bridgehead atoms. The monoisotopic (exact) mass is 80.1 g/mol. The summed E-state index contributed by atoms with van der Waals surface area (Å²) in [6.45, 7) is 8.54. The van der Waals surface area contributed by atoms with Crippen molar-refractivity contribution >= 4 is 0 Å². The second kappa shape index (κ2) is 4.48. The van der Waals surface area contributed by atoms with Crippen LogP contribution in [0, 0.1) is 6.58 Å². The molecule has 0 aliphatic heterocycles. The van der Waals surface area contributed by atoms with Gasteiger partial charge in [0.25, 0.3) is 0 Å². The van der Waals surface area contributed by atoms with Gasteiger partial charge in [-0.2, -0.15) is 0 Å². The third-order valence-electron chi connectivity index (χ3n) is 0.468. The van der Waals surface area contributed by atoms with Crippen LogP contribution < -0.4 is 0 Å². The van der Waals surface area contributed by atoms with Crippen molar-refractivity contribution in [2.75, 3.05) is 0 Å². The van der Waals surface area contributed by atoms with Crippen LogP contribution in [0.5, 0.6) is 0 Å². The summed E-state index contributed by atoms with van der Waals surface area (Å²) in [4.78, 5) is 0. The lowest BCUT2D eigenvalue weighted by Gasteiger charge is -1.67. The Kier molecular flexibility index (Phi) is 4.09. The van der Waals surface area contributed by atoms with Gasteiger partial charge in [0.1, 0.15) is 0 Å². The van der Waals surface area contributed by atoms with Gasteiger partial charge in [0, 0.05) is 0 Å². The maximum absolute atomic E-state index is 6.49. The van der Waals surface area contributed by atoms with E-state index in [0.717, 1.165) is 6.42 Å². The molecule has 0 saturated carbocycles. The highest BCUT2D eigenvalue weighted by Gasteiger charge is 1.55. The van der Waals surface area contributed by atoms with Gasteiger partial charge < -0.3 is 0 Å². The van der Waals surface area contributed by atoms with Gasteiger partial charge in [-0.3, -0.25) is 0 Å². The van der Waals surface area contributed by atoms with Gasteiger partial charge in [0.05, 0.1) is 0 Å². The third kappa shape index (κ3) is 3.48. The first-order valence-electron chi connectivity index (χ1n) is 2.07. The SMILES string of the molecule is [C]=CC=CCC. The maximum Gasteiger partial charge on any atom is -0.00991 e. The van der Waals surface area contributed by atoms with E-state index in [2.05, 4.69) is 0 Å². The molecule has 0 atom stereocenters. The van der Waals surface area contributed by atoms with Crippen LogP contribution in [0.2, 0.25) is 0 Å². The lowest BCUT2D eigenvalue weighted by Crippen LogP contribution is -1.46. The lowest BCUT2D eigenvalue weighted by atomic mass is 10.4. The number of rotatable bonds is 2. The van der Waals surface area contributed by atoms with Gasteiger partial charge in [-0.15, -0.1) is 0 Å². The van der Waals surface area contributed by atoms with Gasteiger partial charge in [-0.05, 0) is 13.0 Å². The Hall–Kier alpha value is -0.520. The van der Waals surface area contributed by atoms with Crippen LogP contribution in [-0.2, 0) is 0 Å². The highest BCUT2D eigenvalue weighted by molar-refractivity contribution is 4.94. The highest BCUT2D eigenvalue weighted by atomic mass is 13.6. The van der Waals surface area contributed by atoms with E-state index in [1.54, 1.807) is 6.08 Å². The summed E-state index contributed by atoms with van der Waals surface area (Å²) in [6, 6.07) is 0. The summed E-state index contributed by atoms with van der Waals surface area (Å²) in [6.07, 6.45) is 5.96. The van der Waals surface area contributed by atoms with Crippen molar-refractivity contribution in [2.24, 2.45) is 0 Å². The van der Waals surface area contributed by atoms with Crippen molar-refractivity contribution in [2.45, 2.75) is 13.3 Å². The summed E-state index contributed by atoms with van der Waals surface area (Å²) in [5, 5.41) is 0. The van der Waals surface area contributed by atoms with Gasteiger partial charge >= 0.3 is 0 Å². The Labute approximate surface area is 39.2 Å². The van der Waals surface area contributed by atoms with E-state index < -0.39 is 0 Å². The minimum Gasteiger partial charge on any atom is -0.0848 e. The zero-order valence-corrected chi connectivity index (χ0v) is 3.94. The summed E-state index contributed by atoms with van der Waals surface area (Å²) in [5.74, 6) is 0. The van der Waals surface area contributed by atoms with Gasteiger partial charge in [-0.25, -0.2) is 0 Å². The molecule has 0 unspecified atom stereocenters. The van der Waals surface area contributed by atoms with Crippen molar-refractivity contribution in [3.8, 4) is 0 Å². The summed E-state index contributed by atoms with van der Waals surface area (Å²) < 4.78 is 0. The molecular weight excluding hydrogens is 72.1 g/mol. The Balaban J connectivity index is 2.94. The topological polar surface area (TPSA) is 0 Å². The first kappa shape index (κ1) is 5.48. The molecule has 0 rings (SSSR count). The van der Waals surface area contributed by atoms with Gasteiger partial charge in [0.15, 0.2) is 0 Å². The highest BCUT2D eigenvalue weighted by Crippen LogP contribution is 1.76. The molecule has 0 aliphatic carbocycles. The smallest absolute Gasteiger partial charge is 0.00991 e. The van der Waals surface area contributed by atoms with Crippen LogP contribution in [0.25, 0.3) is 0 Å². The first-order valence-corrected chi connectivity index (χ1v) is 2.07. The Bertz CT molecular complexity index is 51.1. The molecule has 0 saturated heterocycles. The molecule has 32 valence electrons. The molecule has 0 amide bonds. The molecule has 0 nitrogen and oxygen atoms in total. The van der Waals surface area contributed by atoms with Crippen LogP contribution in [0.15, 0.2) is 18.2 Å². The van der Waals surface area contributed by atoms with Crippen molar-refractivity contribution in [1.29, 1.82) is 0 Å². The van der Waals surface area contributed by atoms with Crippen LogP contribution in [0.3, 0.4) is 0 Å². The fourth-order valence-electron chi connectivity index (χ4n) is 0.204. The number of hydrogen-bond donors (Lipinski definition) is 0. The fourth-order valence-corrected chi connectivity index (χ4v) is 0.204. The molecular formula is C6H8. The normalized spacial score (nSPS) is 9.50. The van der Waals surface area contributed by atoms with Crippen molar-refractivity contribution in [3.05, 3.63) is 24.8 Å². The summed E-state index contributed by atoms with van der Waals surface area (Å²) in [7, 11) is 0. The van der Waals surface area contributed by atoms with Crippen molar-refractivity contribution < 1.29 is 0 Å². The molecule has 0 aromatic carbocycles. The molecule has 2 radical (unpaired) electrons. The average Bonchev–Trinajstić information content (AvgIpc) is 1.61. The minimum absolute atomic E-state index is 1.02. The number of allylic oxidation sites excluding steroid dienone is 3.